The second kappa shape index (κ2) is 7.98. The second-order valence-corrected chi connectivity index (χ2v) is 7.36. The van der Waals surface area contributed by atoms with Crippen LogP contribution in [0.15, 0.2) is 36.4 Å². The summed E-state index contributed by atoms with van der Waals surface area (Å²) in [5.41, 5.74) is 6.31. The molecule has 0 saturated carbocycles. The highest BCUT2D eigenvalue weighted by Gasteiger charge is 2.12. The summed E-state index contributed by atoms with van der Waals surface area (Å²) in [4.78, 5) is 12.3. The molecule has 0 unspecified atom stereocenters. The summed E-state index contributed by atoms with van der Waals surface area (Å²) < 4.78 is 4.02. The standard InChI is InChI=1S/C21H26N6O/c1-15-11-16(2)27(24-15)14-17-3-5-18(6-4-17)23-21(28)8-7-19-12-20-13-22-9-10-26(20)25-19/h3-6,11-12,22H,7-10,13-14H2,1-2H3,(H,23,28). The van der Waals surface area contributed by atoms with Crippen molar-refractivity contribution in [3.8, 4) is 0 Å². The van der Waals surface area contributed by atoms with Gasteiger partial charge in [-0.3, -0.25) is 14.2 Å². The zero-order chi connectivity index (χ0) is 19.5. The molecule has 0 radical (unpaired) electrons. The number of anilines is 1. The van der Waals surface area contributed by atoms with Gasteiger partial charge < -0.3 is 10.6 Å². The van der Waals surface area contributed by atoms with Crippen LogP contribution in [-0.4, -0.2) is 32.0 Å². The molecule has 2 N–H and O–H groups in total. The minimum Gasteiger partial charge on any atom is -0.326 e. The highest BCUT2D eigenvalue weighted by atomic mass is 16.1. The molecular weight excluding hydrogens is 352 g/mol. The molecule has 0 fully saturated rings. The van der Waals surface area contributed by atoms with Gasteiger partial charge in [0.15, 0.2) is 0 Å². The molecule has 1 aromatic carbocycles. The van der Waals surface area contributed by atoms with Gasteiger partial charge in [-0.25, -0.2) is 0 Å². The number of carbonyl (C=O) groups excluding carboxylic acids is 1. The fourth-order valence-corrected chi connectivity index (χ4v) is 3.54. The number of aromatic nitrogens is 4. The molecule has 3 heterocycles. The number of amides is 1. The fraction of sp³-hybridized carbons (Fsp3) is 0.381. The predicted molar refractivity (Wildman–Crippen MR) is 108 cm³/mol. The predicted octanol–water partition coefficient (Wildman–Crippen LogP) is 2.42. The van der Waals surface area contributed by atoms with E-state index in [-0.39, 0.29) is 5.91 Å². The van der Waals surface area contributed by atoms with Crippen LogP contribution in [-0.2, 0) is 30.8 Å². The van der Waals surface area contributed by atoms with Crippen molar-refractivity contribution in [2.75, 3.05) is 11.9 Å². The van der Waals surface area contributed by atoms with Crippen LogP contribution in [0.2, 0.25) is 0 Å². The average Bonchev–Trinajstić information content (AvgIpc) is 3.23. The first-order valence-electron chi connectivity index (χ1n) is 9.73. The average molecular weight is 378 g/mol. The SMILES string of the molecule is Cc1cc(C)n(Cc2ccc(NC(=O)CCc3cc4n(n3)CCNC4)cc2)n1. The van der Waals surface area contributed by atoms with Crippen LogP contribution in [0.1, 0.15) is 34.8 Å². The number of hydrogen-bond donors (Lipinski definition) is 2. The Balaban J connectivity index is 1.29. The minimum absolute atomic E-state index is 0.00962. The van der Waals surface area contributed by atoms with Crippen molar-refractivity contribution in [1.29, 1.82) is 0 Å². The van der Waals surface area contributed by atoms with E-state index in [1.165, 1.54) is 5.69 Å². The molecule has 3 aromatic rings. The van der Waals surface area contributed by atoms with Crippen molar-refractivity contribution >= 4 is 11.6 Å². The summed E-state index contributed by atoms with van der Waals surface area (Å²) in [5, 5.41) is 15.4. The zero-order valence-electron chi connectivity index (χ0n) is 16.4. The number of rotatable bonds is 6. The van der Waals surface area contributed by atoms with Crippen LogP contribution in [0.25, 0.3) is 0 Å². The summed E-state index contributed by atoms with van der Waals surface area (Å²) in [7, 11) is 0. The Morgan fingerprint density at radius 1 is 1.18 bits per heavy atom. The molecule has 1 aliphatic heterocycles. The monoisotopic (exact) mass is 378 g/mol. The van der Waals surface area contributed by atoms with Crippen LogP contribution in [0, 0.1) is 13.8 Å². The molecular formula is C21H26N6O. The molecule has 0 atom stereocenters. The molecule has 0 saturated heterocycles. The number of nitrogens with one attached hydrogen (secondary N) is 2. The van der Waals surface area contributed by atoms with Crippen LogP contribution < -0.4 is 10.6 Å². The molecule has 0 spiro atoms. The Morgan fingerprint density at radius 2 is 2.00 bits per heavy atom. The summed E-state index contributed by atoms with van der Waals surface area (Å²) in [6.07, 6.45) is 1.08. The fourth-order valence-electron chi connectivity index (χ4n) is 3.54. The van der Waals surface area contributed by atoms with Crippen molar-refractivity contribution < 1.29 is 4.79 Å². The molecule has 0 aliphatic carbocycles. The van der Waals surface area contributed by atoms with Gasteiger partial charge in [0, 0.05) is 37.3 Å². The van der Waals surface area contributed by atoms with Gasteiger partial charge in [-0.1, -0.05) is 12.1 Å². The molecule has 2 aromatic heterocycles. The van der Waals surface area contributed by atoms with E-state index in [1.54, 1.807) is 0 Å². The van der Waals surface area contributed by atoms with E-state index in [1.807, 2.05) is 40.6 Å². The van der Waals surface area contributed by atoms with Crippen molar-refractivity contribution in [1.82, 2.24) is 24.9 Å². The highest BCUT2D eigenvalue weighted by Crippen LogP contribution is 2.14. The number of aryl methyl sites for hydroxylation is 3. The zero-order valence-corrected chi connectivity index (χ0v) is 16.4. The maximum atomic E-state index is 12.3. The lowest BCUT2D eigenvalue weighted by atomic mass is 10.2. The van der Waals surface area contributed by atoms with E-state index in [9.17, 15) is 4.79 Å². The highest BCUT2D eigenvalue weighted by molar-refractivity contribution is 5.90. The molecule has 7 nitrogen and oxygen atoms in total. The lowest BCUT2D eigenvalue weighted by molar-refractivity contribution is -0.116. The largest absolute Gasteiger partial charge is 0.326 e. The van der Waals surface area contributed by atoms with E-state index in [4.69, 9.17) is 0 Å². The van der Waals surface area contributed by atoms with Crippen molar-refractivity contribution in [3.63, 3.8) is 0 Å². The summed E-state index contributed by atoms with van der Waals surface area (Å²) in [6.45, 7) is 7.48. The Hall–Kier alpha value is -2.93. The normalized spacial score (nSPS) is 13.4. The third kappa shape index (κ3) is 4.31. The minimum atomic E-state index is 0.00962. The van der Waals surface area contributed by atoms with Crippen LogP contribution in [0.3, 0.4) is 0 Å². The lowest BCUT2D eigenvalue weighted by Crippen LogP contribution is -2.28. The van der Waals surface area contributed by atoms with Gasteiger partial charge in [-0.05, 0) is 43.7 Å². The van der Waals surface area contributed by atoms with Gasteiger partial charge in [-0.15, -0.1) is 0 Å². The molecule has 1 amide bonds. The molecule has 4 rings (SSSR count). The number of hydrogen-bond acceptors (Lipinski definition) is 4. The van der Waals surface area contributed by atoms with E-state index >= 15 is 0 Å². The van der Waals surface area contributed by atoms with Gasteiger partial charge in [0.25, 0.3) is 0 Å². The number of fused-ring (bicyclic) bond motifs is 1. The summed E-state index contributed by atoms with van der Waals surface area (Å²) in [6, 6.07) is 12.1. The Morgan fingerprint density at radius 3 is 2.71 bits per heavy atom. The van der Waals surface area contributed by atoms with Crippen molar-refractivity contribution in [2.45, 2.75) is 46.3 Å². The van der Waals surface area contributed by atoms with E-state index in [0.29, 0.717) is 12.8 Å². The number of carbonyl (C=O) groups is 1. The Bertz CT molecular complexity index is 946. The van der Waals surface area contributed by atoms with Crippen LogP contribution in [0.5, 0.6) is 0 Å². The quantitative estimate of drug-likeness (QED) is 0.691. The van der Waals surface area contributed by atoms with Crippen LogP contribution >= 0.6 is 0 Å². The topological polar surface area (TPSA) is 76.8 Å². The van der Waals surface area contributed by atoms with Crippen molar-refractivity contribution in [2.24, 2.45) is 0 Å². The number of benzene rings is 1. The van der Waals surface area contributed by atoms with E-state index in [2.05, 4.69) is 39.9 Å². The maximum Gasteiger partial charge on any atom is 0.224 e. The molecule has 146 valence electrons. The van der Waals surface area contributed by atoms with E-state index in [0.717, 1.165) is 54.5 Å². The first-order valence-corrected chi connectivity index (χ1v) is 9.73. The Labute approximate surface area is 164 Å². The lowest BCUT2D eigenvalue weighted by Gasteiger charge is -2.13. The number of nitrogens with zero attached hydrogens (tertiary/aromatic N) is 4. The smallest absolute Gasteiger partial charge is 0.224 e. The molecule has 0 bridgehead atoms. The third-order valence-electron chi connectivity index (χ3n) is 5.00. The molecule has 7 heteroatoms. The summed E-state index contributed by atoms with van der Waals surface area (Å²) >= 11 is 0. The van der Waals surface area contributed by atoms with Crippen molar-refractivity contribution in [3.05, 3.63) is 64.7 Å². The first kappa shape index (κ1) is 18.4. The van der Waals surface area contributed by atoms with Crippen LogP contribution in [0.4, 0.5) is 5.69 Å². The summed E-state index contributed by atoms with van der Waals surface area (Å²) in [5.74, 6) is 0.00962. The van der Waals surface area contributed by atoms with E-state index < -0.39 is 0 Å². The van der Waals surface area contributed by atoms with Gasteiger partial charge in [0.05, 0.1) is 30.2 Å². The van der Waals surface area contributed by atoms with Gasteiger partial charge >= 0.3 is 0 Å². The molecule has 1 aliphatic rings. The second-order valence-electron chi connectivity index (χ2n) is 7.36. The first-order chi connectivity index (χ1) is 13.6. The van der Waals surface area contributed by atoms with Gasteiger partial charge in [0.2, 0.25) is 5.91 Å². The third-order valence-corrected chi connectivity index (χ3v) is 5.00. The maximum absolute atomic E-state index is 12.3. The van der Waals surface area contributed by atoms with Gasteiger partial charge in [0.1, 0.15) is 0 Å². The Kier molecular flexibility index (Phi) is 5.25. The van der Waals surface area contributed by atoms with Gasteiger partial charge in [-0.2, -0.15) is 10.2 Å². The molecule has 28 heavy (non-hydrogen) atoms.